The number of benzene rings is 1. The lowest BCUT2D eigenvalue weighted by Crippen LogP contribution is -2.39. The fourth-order valence-electron chi connectivity index (χ4n) is 3.33. The highest BCUT2D eigenvalue weighted by atomic mass is 16.5. The molecule has 140 valence electrons. The Morgan fingerprint density at radius 3 is 2.73 bits per heavy atom. The van der Waals surface area contributed by atoms with Gasteiger partial charge in [0.05, 0.1) is 0 Å². The predicted molar refractivity (Wildman–Crippen MR) is 98.0 cm³/mol. The minimum absolute atomic E-state index is 0.0650. The third-order valence-electron chi connectivity index (χ3n) is 4.89. The molecule has 0 radical (unpaired) electrons. The van der Waals surface area contributed by atoms with Crippen LogP contribution in [0.1, 0.15) is 56.7 Å². The van der Waals surface area contributed by atoms with E-state index >= 15 is 0 Å². The first-order valence-electron chi connectivity index (χ1n) is 9.42. The van der Waals surface area contributed by atoms with Crippen molar-refractivity contribution in [2.45, 2.75) is 57.5 Å². The van der Waals surface area contributed by atoms with Gasteiger partial charge >= 0.3 is 0 Å². The number of nitrogens with zero attached hydrogens (tertiary/aromatic N) is 3. The monoisotopic (exact) mass is 357 g/mol. The maximum Gasteiger partial charge on any atom is 0.263 e. The molecule has 6 nitrogen and oxygen atoms in total. The van der Waals surface area contributed by atoms with E-state index in [1.54, 1.807) is 18.9 Å². The molecule has 26 heavy (non-hydrogen) atoms. The summed E-state index contributed by atoms with van der Waals surface area (Å²) in [6, 6.07) is 9.37. The molecular formula is C20H27N3O3. The van der Waals surface area contributed by atoms with Crippen molar-refractivity contribution < 1.29 is 14.1 Å². The first-order chi connectivity index (χ1) is 12.6. The van der Waals surface area contributed by atoms with E-state index in [0.717, 1.165) is 18.7 Å². The third-order valence-corrected chi connectivity index (χ3v) is 4.89. The average molecular weight is 357 g/mol. The van der Waals surface area contributed by atoms with Crippen molar-refractivity contribution in [3.05, 3.63) is 42.0 Å². The molecule has 2 aromatic rings. The van der Waals surface area contributed by atoms with Crippen LogP contribution in [0.3, 0.4) is 0 Å². The van der Waals surface area contributed by atoms with Gasteiger partial charge in [0.15, 0.2) is 11.9 Å². The molecule has 1 aliphatic carbocycles. The van der Waals surface area contributed by atoms with E-state index in [0.29, 0.717) is 30.5 Å². The van der Waals surface area contributed by atoms with Gasteiger partial charge in [-0.15, -0.1) is 0 Å². The fraction of sp³-hybridized carbons (Fsp3) is 0.550. The number of carbonyl (C=O) groups excluding carboxylic acids is 1. The number of hydrogen-bond donors (Lipinski definition) is 0. The fourth-order valence-corrected chi connectivity index (χ4v) is 3.33. The van der Waals surface area contributed by atoms with Crippen LogP contribution in [0, 0.1) is 0 Å². The lowest BCUT2D eigenvalue weighted by atomic mass is 9.89. The smallest absolute Gasteiger partial charge is 0.263 e. The van der Waals surface area contributed by atoms with E-state index in [-0.39, 0.29) is 5.91 Å². The number of ether oxygens (including phenoxy) is 1. The Labute approximate surface area is 154 Å². The largest absolute Gasteiger partial charge is 0.481 e. The number of aromatic nitrogens is 2. The summed E-state index contributed by atoms with van der Waals surface area (Å²) in [5.74, 6) is 2.46. The van der Waals surface area contributed by atoms with Crippen LogP contribution in [0.25, 0.3) is 0 Å². The number of amides is 1. The van der Waals surface area contributed by atoms with Gasteiger partial charge < -0.3 is 14.2 Å². The molecule has 1 amide bonds. The second-order valence-electron chi connectivity index (χ2n) is 6.97. The number of para-hydroxylation sites is 1. The van der Waals surface area contributed by atoms with Crippen molar-refractivity contribution in [3.8, 4) is 5.75 Å². The van der Waals surface area contributed by atoms with Crippen molar-refractivity contribution in [2.75, 3.05) is 13.6 Å². The molecule has 0 aliphatic heterocycles. The van der Waals surface area contributed by atoms with Crippen molar-refractivity contribution in [1.82, 2.24) is 15.0 Å². The molecule has 0 N–H and O–H groups in total. The average Bonchev–Trinajstić information content (AvgIpc) is 3.16. The molecule has 1 aromatic heterocycles. The van der Waals surface area contributed by atoms with Crippen molar-refractivity contribution in [3.63, 3.8) is 0 Å². The van der Waals surface area contributed by atoms with Gasteiger partial charge in [0.1, 0.15) is 5.75 Å². The number of likely N-dealkylation sites (N-methyl/N-ethyl adjacent to an activating group) is 1. The highest BCUT2D eigenvalue weighted by molar-refractivity contribution is 5.80. The first-order valence-corrected chi connectivity index (χ1v) is 9.42. The van der Waals surface area contributed by atoms with E-state index < -0.39 is 6.10 Å². The van der Waals surface area contributed by atoms with Crippen LogP contribution >= 0.6 is 0 Å². The van der Waals surface area contributed by atoms with Gasteiger partial charge in [-0.1, -0.05) is 42.6 Å². The van der Waals surface area contributed by atoms with Gasteiger partial charge in [0.25, 0.3) is 5.91 Å². The van der Waals surface area contributed by atoms with Crippen LogP contribution in [0.4, 0.5) is 0 Å². The standard InChI is InChI=1S/C20H27N3O3/c1-15(25-17-11-7-4-8-12-17)20(24)23(2)14-13-18-21-19(26-22-18)16-9-5-3-6-10-16/h4,7-8,11-12,15-16H,3,5-6,9-10,13-14H2,1-2H3/t15-/m1/s1. The lowest BCUT2D eigenvalue weighted by molar-refractivity contribution is -0.136. The Morgan fingerprint density at radius 1 is 1.27 bits per heavy atom. The lowest BCUT2D eigenvalue weighted by Gasteiger charge is -2.21. The zero-order valence-corrected chi connectivity index (χ0v) is 15.6. The minimum atomic E-state index is -0.537. The second kappa shape index (κ2) is 8.83. The van der Waals surface area contributed by atoms with Crippen LogP contribution in [-0.4, -0.2) is 40.6 Å². The van der Waals surface area contributed by atoms with E-state index in [1.165, 1.54) is 19.3 Å². The third kappa shape index (κ3) is 4.84. The summed E-state index contributed by atoms with van der Waals surface area (Å²) in [5.41, 5.74) is 0. The molecule has 1 atom stereocenters. The molecule has 1 heterocycles. The molecule has 6 heteroatoms. The molecule has 1 aliphatic rings. The number of rotatable bonds is 7. The SMILES string of the molecule is C[C@@H](Oc1ccccc1)C(=O)N(C)CCc1noc(C2CCCCC2)n1. The van der Waals surface area contributed by atoms with Crippen molar-refractivity contribution in [2.24, 2.45) is 0 Å². The van der Waals surface area contributed by atoms with E-state index in [9.17, 15) is 4.79 Å². The molecule has 0 bridgehead atoms. The highest BCUT2D eigenvalue weighted by Gasteiger charge is 2.23. The Hall–Kier alpha value is -2.37. The Morgan fingerprint density at radius 2 is 2.00 bits per heavy atom. The molecule has 0 unspecified atom stereocenters. The van der Waals surface area contributed by atoms with Gasteiger partial charge in [0.2, 0.25) is 5.89 Å². The minimum Gasteiger partial charge on any atom is -0.481 e. The van der Waals surface area contributed by atoms with Gasteiger partial charge in [-0.25, -0.2) is 0 Å². The first kappa shape index (κ1) is 18.4. The summed E-state index contributed by atoms with van der Waals surface area (Å²) in [7, 11) is 1.77. The molecule has 0 saturated heterocycles. The van der Waals surface area contributed by atoms with E-state index in [1.807, 2.05) is 30.3 Å². The van der Waals surface area contributed by atoms with Crippen LogP contribution in [0.15, 0.2) is 34.9 Å². The molecule has 1 saturated carbocycles. The number of hydrogen-bond acceptors (Lipinski definition) is 5. The summed E-state index contributed by atoms with van der Waals surface area (Å²) in [6.07, 6.45) is 6.08. The van der Waals surface area contributed by atoms with Crippen LogP contribution in [0.2, 0.25) is 0 Å². The van der Waals surface area contributed by atoms with Crippen LogP contribution in [-0.2, 0) is 11.2 Å². The zero-order chi connectivity index (χ0) is 18.4. The second-order valence-corrected chi connectivity index (χ2v) is 6.97. The Balaban J connectivity index is 1.47. The van der Waals surface area contributed by atoms with E-state index in [4.69, 9.17) is 9.26 Å². The zero-order valence-electron chi connectivity index (χ0n) is 15.6. The van der Waals surface area contributed by atoms with Crippen LogP contribution < -0.4 is 4.74 Å². The van der Waals surface area contributed by atoms with Crippen molar-refractivity contribution >= 4 is 5.91 Å². The van der Waals surface area contributed by atoms with Gasteiger partial charge in [-0.05, 0) is 31.9 Å². The topological polar surface area (TPSA) is 68.5 Å². The molecule has 0 spiro atoms. The van der Waals surface area contributed by atoms with Gasteiger partial charge in [-0.2, -0.15) is 4.98 Å². The number of carbonyl (C=O) groups is 1. The van der Waals surface area contributed by atoms with Gasteiger partial charge in [-0.3, -0.25) is 4.79 Å². The summed E-state index contributed by atoms with van der Waals surface area (Å²) in [4.78, 5) is 18.6. The maximum absolute atomic E-state index is 12.5. The van der Waals surface area contributed by atoms with Crippen molar-refractivity contribution in [1.29, 1.82) is 0 Å². The summed E-state index contributed by atoms with van der Waals surface area (Å²) in [6.45, 7) is 2.30. The quantitative estimate of drug-likeness (QED) is 0.757. The van der Waals surface area contributed by atoms with Crippen LogP contribution in [0.5, 0.6) is 5.75 Å². The Bertz CT molecular complexity index is 695. The Kier molecular flexibility index (Phi) is 6.26. The summed E-state index contributed by atoms with van der Waals surface area (Å²) < 4.78 is 11.1. The molecule has 1 aromatic carbocycles. The van der Waals surface area contributed by atoms with E-state index in [2.05, 4.69) is 10.1 Å². The predicted octanol–water partition coefficient (Wildman–Crippen LogP) is 3.59. The summed E-state index contributed by atoms with van der Waals surface area (Å²) >= 11 is 0. The summed E-state index contributed by atoms with van der Waals surface area (Å²) in [5, 5.41) is 4.08. The highest BCUT2D eigenvalue weighted by Crippen LogP contribution is 2.31. The normalized spacial score (nSPS) is 16.2. The molecular weight excluding hydrogens is 330 g/mol. The maximum atomic E-state index is 12.5. The molecule has 1 fully saturated rings. The van der Waals surface area contributed by atoms with Gasteiger partial charge in [0, 0.05) is 25.9 Å². The molecule has 3 rings (SSSR count).